The van der Waals surface area contributed by atoms with Crippen LogP contribution in [0.2, 0.25) is 10.0 Å². The van der Waals surface area contributed by atoms with Gasteiger partial charge in [0.15, 0.2) is 11.6 Å². The third kappa shape index (κ3) is 13.7. The molecule has 0 fully saturated rings. The number of alkyl halides is 3. The maximum Gasteiger partial charge on any atom is 0.258 e. The molecule has 0 bridgehead atoms. The monoisotopic (exact) mass is 992 g/mol. The van der Waals surface area contributed by atoms with Crippen LogP contribution >= 0.6 is 58.0 Å². The fourth-order valence-electron chi connectivity index (χ4n) is 6.11. The molecule has 0 spiro atoms. The highest BCUT2D eigenvalue weighted by atomic mass is 35.5. The summed E-state index contributed by atoms with van der Waals surface area (Å²) in [6, 6.07) is 24.1. The van der Waals surface area contributed by atoms with Crippen molar-refractivity contribution in [3.63, 3.8) is 0 Å². The Morgan fingerprint density at radius 1 is 0.545 bits per heavy atom. The standard InChI is InChI=1S/C46H41Cl5N8O7/c1-26(60)41(58-56-36-15-7-11-31(39(36)50)43(62)53-33-13-5-3-9-28(33)19-21-47)45(64)52-30-17-18-35(38(25-30)66-24-23-49)55-46(65)42(27(2)61)59-57-37-16-8-12-32(40(37)51)44(63)54-34-14-6-4-10-29(34)20-22-48/h3-18,25,41-42H,19-24H2,1-2H3,(H,52,64)(H,53,62)(H,54,63)(H,55,65). The van der Waals surface area contributed by atoms with Gasteiger partial charge < -0.3 is 26.0 Å². The van der Waals surface area contributed by atoms with Gasteiger partial charge in [0.05, 0.1) is 32.7 Å². The van der Waals surface area contributed by atoms with E-state index in [9.17, 15) is 28.8 Å². The maximum absolute atomic E-state index is 13.5. The van der Waals surface area contributed by atoms with Crippen molar-refractivity contribution in [1.29, 1.82) is 0 Å². The molecule has 5 rings (SSSR count). The Labute approximate surface area is 404 Å². The van der Waals surface area contributed by atoms with E-state index >= 15 is 0 Å². The minimum atomic E-state index is -1.66. The molecule has 0 aliphatic rings. The molecule has 5 aromatic rings. The van der Waals surface area contributed by atoms with E-state index in [-0.39, 0.29) is 62.2 Å². The quantitative estimate of drug-likeness (QED) is 0.0317. The fourth-order valence-corrected chi connectivity index (χ4v) is 7.09. The lowest BCUT2D eigenvalue weighted by molar-refractivity contribution is -0.127. The Hall–Kier alpha value is -6.23. The summed E-state index contributed by atoms with van der Waals surface area (Å²) in [7, 11) is 0. The summed E-state index contributed by atoms with van der Waals surface area (Å²) in [5, 5.41) is 26.7. The van der Waals surface area contributed by atoms with Crippen LogP contribution in [0.15, 0.2) is 124 Å². The first-order valence-corrected chi connectivity index (χ1v) is 22.4. The molecule has 0 saturated carbocycles. The largest absolute Gasteiger partial charge is 0.490 e. The van der Waals surface area contributed by atoms with Crippen molar-refractivity contribution in [2.24, 2.45) is 20.5 Å². The molecular weight excluding hydrogens is 954 g/mol. The number of azo groups is 2. The highest BCUT2D eigenvalue weighted by Gasteiger charge is 2.27. The number of carbonyl (C=O) groups excluding carboxylic acids is 6. The van der Waals surface area contributed by atoms with Gasteiger partial charge >= 0.3 is 0 Å². The Morgan fingerprint density at radius 2 is 1.02 bits per heavy atom. The van der Waals surface area contributed by atoms with E-state index in [1.165, 1.54) is 54.6 Å². The zero-order valence-electron chi connectivity index (χ0n) is 35.2. The number of carbonyl (C=O) groups is 6. The van der Waals surface area contributed by atoms with Crippen LogP contribution in [0.25, 0.3) is 0 Å². The highest BCUT2D eigenvalue weighted by Crippen LogP contribution is 2.33. The number of hydrogen-bond donors (Lipinski definition) is 4. The SMILES string of the molecule is CC(=O)C(N=Nc1cccc(C(=O)Nc2ccccc2CCCl)c1Cl)C(=O)Nc1ccc(NC(=O)C(N=Nc2cccc(C(=O)Nc3ccccc3CCCl)c2Cl)C(C)=O)c(OCCCl)c1. The summed E-state index contributed by atoms with van der Waals surface area (Å²) in [6.07, 6.45) is 1.05. The van der Waals surface area contributed by atoms with Crippen LogP contribution in [0.4, 0.5) is 34.1 Å². The molecule has 2 atom stereocenters. The topological polar surface area (TPSA) is 209 Å². The first-order chi connectivity index (χ1) is 31.8. The number of aryl methyl sites for hydroxylation is 2. The van der Waals surface area contributed by atoms with E-state index in [1.54, 1.807) is 24.3 Å². The molecular formula is C46H41Cl5N8O7. The van der Waals surface area contributed by atoms with Gasteiger partial charge in [0.1, 0.15) is 23.7 Å². The van der Waals surface area contributed by atoms with Gasteiger partial charge in [-0.15, -0.1) is 34.8 Å². The minimum Gasteiger partial charge on any atom is -0.490 e. The Kier molecular flexibility index (Phi) is 19.1. The smallest absolute Gasteiger partial charge is 0.258 e. The number of benzene rings is 5. The summed E-state index contributed by atoms with van der Waals surface area (Å²) in [5.74, 6) is -3.38. The van der Waals surface area contributed by atoms with E-state index in [2.05, 4.69) is 41.7 Å². The van der Waals surface area contributed by atoms with Gasteiger partial charge in [0, 0.05) is 34.9 Å². The number of ether oxygens (including phenoxy) is 1. The molecule has 66 heavy (non-hydrogen) atoms. The van der Waals surface area contributed by atoms with Crippen LogP contribution < -0.4 is 26.0 Å². The second-order valence-corrected chi connectivity index (χ2v) is 16.0. The predicted octanol–water partition coefficient (Wildman–Crippen LogP) is 11.0. The van der Waals surface area contributed by atoms with Gasteiger partial charge in [-0.25, -0.2) is 0 Å². The number of ketones is 2. The molecule has 4 amide bonds. The van der Waals surface area contributed by atoms with Crippen molar-refractivity contribution < 1.29 is 33.5 Å². The second kappa shape index (κ2) is 24.9. The van der Waals surface area contributed by atoms with Crippen LogP contribution in [0.3, 0.4) is 0 Å². The van der Waals surface area contributed by atoms with Gasteiger partial charge in [-0.1, -0.05) is 71.7 Å². The number of rotatable bonds is 21. The molecule has 0 radical (unpaired) electrons. The highest BCUT2D eigenvalue weighted by molar-refractivity contribution is 6.37. The van der Waals surface area contributed by atoms with Crippen LogP contribution in [-0.4, -0.2) is 71.5 Å². The van der Waals surface area contributed by atoms with E-state index < -0.39 is 47.3 Å². The zero-order valence-corrected chi connectivity index (χ0v) is 39.0. The van der Waals surface area contributed by atoms with Crippen molar-refractivity contribution in [1.82, 2.24) is 0 Å². The molecule has 20 heteroatoms. The first kappa shape index (κ1) is 50.8. The summed E-state index contributed by atoms with van der Waals surface area (Å²) >= 11 is 30.9. The number of nitrogens with zero attached hydrogens (tertiary/aromatic N) is 4. The molecule has 342 valence electrons. The number of Topliss-reactive ketones (excluding diaryl/α,β-unsaturated/α-hetero) is 2. The van der Waals surface area contributed by atoms with E-state index in [0.717, 1.165) is 25.0 Å². The average Bonchev–Trinajstić information content (AvgIpc) is 3.28. The van der Waals surface area contributed by atoms with Crippen molar-refractivity contribution in [3.8, 4) is 5.75 Å². The fraction of sp³-hybridized carbons (Fsp3) is 0.217. The number of anilines is 4. The van der Waals surface area contributed by atoms with E-state index in [1.807, 2.05) is 24.3 Å². The van der Waals surface area contributed by atoms with E-state index in [4.69, 9.17) is 62.7 Å². The number of hydrogen-bond acceptors (Lipinski definition) is 11. The number of halogens is 5. The van der Waals surface area contributed by atoms with Gasteiger partial charge in [-0.05, 0) is 86.3 Å². The number of para-hydroxylation sites is 2. The second-order valence-electron chi connectivity index (χ2n) is 14.1. The van der Waals surface area contributed by atoms with Crippen molar-refractivity contribution in [2.75, 3.05) is 45.5 Å². The normalized spacial score (nSPS) is 12.0. The average molecular weight is 995 g/mol. The molecule has 0 aliphatic carbocycles. The minimum absolute atomic E-state index is 0.0204. The molecule has 0 heterocycles. The number of amides is 4. The van der Waals surface area contributed by atoms with Crippen LogP contribution in [-0.2, 0) is 32.0 Å². The lowest BCUT2D eigenvalue weighted by Gasteiger charge is -2.16. The van der Waals surface area contributed by atoms with Crippen LogP contribution in [0.5, 0.6) is 5.75 Å². The molecule has 15 nitrogen and oxygen atoms in total. The third-order valence-electron chi connectivity index (χ3n) is 9.38. The molecule has 0 aliphatic heterocycles. The number of nitrogens with one attached hydrogen (secondary N) is 4. The summed E-state index contributed by atoms with van der Waals surface area (Å²) < 4.78 is 5.75. The third-order valence-corrected chi connectivity index (χ3v) is 10.7. The van der Waals surface area contributed by atoms with Gasteiger partial charge in [-0.2, -0.15) is 20.5 Å². The van der Waals surface area contributed by atoms with Crippen molar-refractivity contribution in [3.05, 3.63) is 135 Å². The Balaban J connectivity index is 1.29. The Bertz CT molecular complexity index is 2680. The summed E-state index contributed by atoms with van der Waals surface area (Å²) in [4.78, 5) is 78.8. The molecule has 4 N–H and O–H groups in total. The molecule has 0 saturated heterocycles. The predicted molar refractivity (Wildman–Crippen MR) is 258 cm³/mol. The van der Waals surface area contributed by atoms with E-state index in [0.29, 0.717) is 36.0 Å². The van der Waals surface area contributed by atoms with Crippen molar-refractivity contribution >= 4 is 127 Å². The van der Waals surface area contributed by atoms with Crippen LogP contribution in [0.1, 0.15) is 45.7 Å². The van der Waals surface area contributed by atoms with Crippen LogP contribution in [0, 0.1) is 0 Å². The molecule has 2 unspecified atom stereocenters. The van der Waals surface area contributed by atoms with Gasteiger partial charge in [0.25, 0.3) is 23.6 Å². The molecule has 5 aromatic carbocycles. The maximum atomic E-state index is 13.5. The lowest BCUT2D eigenvalue weighted by Crippen LogP contribution is -2.32. The van der Waals surface area contributed by atoms with Crippen molar-refractivity contribution in [2.45, 2.75) is 38.8 Å². The Morgan fingerprint density at radius 3 is 1.47 bits per heavy atom. The first-order valence-electron chi connectivity index (χ1n) is 20.0. The summed E-state index contributed by atoms with van der Waals surface area (Å²) in [6.45, 7) is 2.27. The molecule has 0 aromatic heterocycles. The van der Waals surface area contributed by atoms with Gasteiger partial charge in [-0.3, -0.25) is 28.8 Å². The lowest BCUT2D eigenvalue weighted by atomic mass is 10.1. The zero-order chi connectivity index (χ0) is 47.8. The van der Waals surface area contributed by atoms with Gasteiger partial charge in [0.2, 0.25) is 12.1 Å². The summed E-state index contributed by atoms with van der Waals surface area (Å²) in [5.41, 5.74) is 3.16.